The molecule has 5 N–H and O–H groups in total. The van der Waals surface area contributed by atoms with Crippen LogP contribution in [0.4, 0.5) is 4.39 Å². The molecule has 1 fully saturated rings. The Hall–Kier alpha value is -6.36. The lowest BCUT2D eigenvalue weighted by atomic mass is 9.81. The number of pyridine rings is 2. The smallest absolute Gasteiger partial charge is 0.340 e. The topological polar surface area (TPSA) is 309 Å². The number of carbonyl (C=O) groups is 7. The Kier molecular flexibility index (Phi) is 25.2. The maximum absolute atomic E-state index is 15.4. The van der Waals surface area contributed by atoms with Crippen LogP contribution < -0.4 is 26.8 Å². The van der Waals surface area contributed by atoms with Gasteiger partial charge in [-0.3, -0.25) is 38.5 Å². The number of fused-ring (bicyclic) bond motifs is 5. The van der Waals surface area contributed by atoms with E-state index >= 15 is 4.39 Å². The van der Waals surface area contributed by atoms with E-state index in [1.54, 1.807) is 26.8 Å². The van der Waals surface area contributed by atoms with Crippen molar-refractivity contribution in [1.29, 1.82) is 0 Å². The van der Waals surface area contributed by atoms with Crippen LogP contribution >= 0.6 is 0 Å². The lowest BCUT2D eigenvalue weighted by Crippen LogP contribution is -2.55. The molecule has 85 heavy (non-hydrogen) atoms. The van der Waals surface area contributed by atoms with Crippen molar-refractivity contribution >= 4 is 52.3 Å². The minimum absolute atomic E-state index is 0.0169. The maximum atomic E-state index is 15.4. The van der Waals surface area contributed by atoms with E-state index in [-0.39, 0.29) is 105 Å². The van der Waals surface area contributed by atoms with Gasteiger partial charge in [-0.2, -0.15) is 0 Å². The number of imide groups is 1. The molecule has 6 amide bonds. The van der Waals surface area contributed by atoms with Crippen LogP contribution in [0.25, 0.3) is 22.3 Å². The molecule has 5 atom stereocenters. The zero-order chi connectivity index (χ0) is 61.2. The predicted molar refractivity (Wildman–Crippen MR) is 302 cm³/mol. The van der Waals surface area contributed by atoms with Crippen molar-refractivity contribution in [3.63, 3.8) is 0 Å². The molecule has 1 unspecified atom stereocenters. The van der Waals surface area contributed by atoms with E-state index in [4.69, 9.17) is 47.6 Å². The number of likely N-dealkylation sites (tertiary alicyclic amines) is 1. The number of amides is 6. The Morgan fingerprint density at radius 2 is 1.31 bits per heavy atom. The molecule has 0 radical (unpaired) electrons. The molecule has 468 valence electrons. The van der Waals surface area contributed by atoms with Crippen molar-refractivity contribution in [2.75, 3.05) is 119 Å². The van der Waals surface area contributed by atoms with Crippen molar-refractivity contribution in [3.05, 3.63) is 61.7 Å². The number of benzene rings is 1. The van der Waals surface area contributed by atoms with Crippen molar-refractivity contribution < 1.29 is 85.7 Å². The third-order valence-corrected chi connectivity index (χ3v) is 15.3. The Morgan fingerprint density at radius 1 is 0.729 bits per heavy atom. The number of aromatic nitrogens is 2. The Balaban J connectivity index is 0.674. The molecule has 0 bridgehead atoms. The average Bonchev–Trinajstić information content (AvgIpc) is 1.68. The van der Waals surface area contributed by atoms with Crippen LogP contribution in [0.2, 0.25) is 0 Å². The summed E-state index contributed by atoms with van der Waals surface area (Å²) in [6.45, 7) is 16.3. The number of ether oxygens (including phenoxy) is 9. The highest BCUT2D eigenvalue weighted by atomic mass is 19.1. The third kappa shape index (κ3) is 17.7. The molecule has 26 heteroatoms. The summed E-state index contributed by atoms with van der Waals surface area (Å²) in [4.78, 5) is 109. The lowest BCUT2D eigenvalue weighted by Gasteiger charge is -2.31. The number of hydrogen-bond donors (Lipinski definition) is 5. The molecule has 1 aromatic carbocycles. The van der Waals surface area contributed by atoms with Gasteiger partial charge in [0, 0.05) is 60.8 Å². The van der Waals surface area contributed by atoms with Crippen LogP contribution in [-0.2, 0) is 95.8 Å². The first kappa shape index (κ1) is 66.2. The van der Waals surface area contributed by atoms with Gasteiger partial charge in [0.2, 0.25) is 35.4 Å². The minimum atomic E-state index is -1.65. The zero-order valence-electron chi connectivity index (χ0n) is 49.5. The van der Waals surface area contributed by atoms with Crippen LogP contribution in [0.3, 0.4) is 0 Å². The fraction of sp³-hybridized carbons (Fsp3) is 0.644. The fourth-order valence-corrected chi connectivity index (χ4v) is 10.5. The van der Waals surface area contributed by atoms with Gasteiger partial charge in [-0.15, -0.1) is 0 Å². The maximum Gasteiger partial charge on any atom is 0.340 e. The standard InChI is InChI=1S/C59H82FN7O18/c1-34(2)39-30-49(70)66(57(39)74)12-9-47(68)61-11-14-78-16-18-80-20-22-82-24-26-84-28-27-83-25-23-81-21-19-79-17-15-77-13-10-48(69)65-52(35(3)4)56(73)62-37(6)55(72)64-44-8-7-38-36(5)43(60)31-45-50(38)51(44)41-32-67-46(53(41)63-45)29-40-42(58(67)75)33-85-59(76)54(40)71/h29,31,34-35,37,39,44,52,54,71H,7-28,30,32-33H2,1-6H3,(H,61,68)(H,62,73)(H,64,72)(H,65,69)/t37-,39?,44-,52+,54-/m0/s1. The number of aliphatic hydroxyl groups excluding tert-OH is 1. The summed E-state index contributed by atoms with van der Waals surface area (Å²) in [5, 5.41) is 22.6. The molecule has 0 spiro atoms. The van der Waals surface area contributed by atoms with Crippen LogP contribution in [0.5, 0.6) is 0 Å². The summed E-state index contributed by atoms with van der Waals surface area (Å²) < 4.78 is 66.0. The molecule has 3 aliphatic heterocycles. The van der Waals surface area contributed by atoms with E-state index in [0.717, 1.165) is 5.56 Å². The molecular weight excluding hydrogens is 1110 g/mol. The number of cyclic esters (lactones) is 1. The molecule has 3 aromatic rings. The third-order valence-electron chi connectivity index (χ3n) is 15.3. The first-order valence-electron chi connectivity index (χ1n) is 29.3. The van der Waals surface area contributed by atoms with E-state index in [9.17, 15) is 43.5 Å². The van der Waals surface area contributed by atoms with Crippen molar-refractivity contribution in [2.45, 2.75) is 111 Å². The Labute approximate surface area is 492 Å². The van der Waals surface area contributed by atoms with Crippen molar-refractivity contribution in [2.24, 2.45) is 17.8 Å². The highest BCUT2D eigenvalue weighted by molar-refractivity contribution is 6.04. The van der Waals surface area contributed by atoms with E-state index in [2.05, 4.69) is 21.3 Å². The van der Waals surface area contributed by atoms with Crippen LogP contribution in [0.15, 0.2) is 16.9 Å². The first-order chi connectivity index (χ1) is 40.9. The van der Waals surface area contributed by atoms with Gasteiger partial charge in [-0.1, -0.05) is 27.7 Å². The van der Waals surface area contributed by atoms with Gasteiger partial charge in [0.25, 0.3) is 5.56 Å². The van der Waals surface area contributed by atoms with E-state index in [1.165, 1.54) is 22.5 Å². The second-order valence-electron chi connectivity index (χ2n) is 21.9. The average molecular weight is 1200 g/mol. The SMILES string of the molecule is Cc1c(F)cc2nc3c(c4c2c1CC[C@@H]4NC(=O)[C@H](C)NC(=O)[C@H](NC(=O)CCOCCOCCOCCOCCOCCOCCOCCOCCNC(=O)CCN1C(=O)CC(C(C)C)C1=O)C(C)C)Cn1c-3cc2c(c1=O)COC(=O)[C@H]2O. The summed E-state index contributed by atoms with van der Waals surface area (Å²) in [6.07, 6.45) is -0.605. The number of aryl methyl sites for hydroxylation is 1. The largest absolute Gasteiger partial charge is 0.458 e. The van der Waals surface area contributed by atoms with Gasteiger partial charge in [-0.05, 0) is 61.3 Å². The zero-order valence-corrected chi connectivity index (χ0v) is 49.5. The van der Waals surface area contributed by atoms with Gasteiger partial charge in [-0.25, -0.2) is 14.2 Å². The second kappa shape index (κ2) is 32.4. The monoisotopic (exact) mass is 1200 g/mol. The van der Waals surface area contributed by atoms with Gasteiger partial charge in [0.15, 0.2) is 6.10 Å². The Bertz CT molecular complexity index is 2920. The predicted octanol–water partition coefficient (Wildman–Crippen LogP) is 1.77. The normalized spacial score (nSPS) is 17.7. The summed E-state index contributed by atoms with van der Waals surface area (Å²) in [5.74, 6) is -4.01. The number of halogens is 1. The lowest BCUT2D eigenvalue weighted by molar-refractivity contribution is -0.157. The van der Waals surface area contributed by atoms with Crippen LogP contribution in [0, 0.1) is 30.5 Å². The number of aliphatic hydroxyl groups is 1. The molecule has 1 saturated heterocycles. The number of nitrogens with one attached hydrogen (secondary N) is 4. The molecule has 25 nitrogen and oxygen atoms in total. The van der Waals surface area contributed by atoms with Crippen molar-refractivity contribution in [1.82, 2.24) is 35.7 Å². The number of esters is 1. The van der Waals surface area contributed by atoms with Gasteiger partial charge in [0.1, 0.15) is 24.5 Å². The fourth-order valence-electron chi connectivity index (χ4n) is 10.5. The summed E-state index contributed by atoms with van der Waals surface area (Å²) in [6, 6.07) is 0.264. The molecule has 2 aromatic heterocycles. The number of carbonyl (C=O) groups excluding carboxylic acids is 7. The summed E-state index contributed by atoms with van der Waals surface area (Å²) >= 11 is 0. The summed E-state index contributed by atoms with van der Waals surface area (Å²) in [7, 11) is 0. The van der Waals surface area contributed by atoms with Gasteiger partial charge < -0.3 is 73.6 Å². The highest BCUT2D eigenvalue weighted by Crippen LogP contribution is 2.45. The first-order valence-corrected chi connectivity index (χ1v) is 29.3. The van der Waals surface area contributed by atoms with E-state index < -0.39 is 59.3 Å². The molecular formula is C59H82FN7O18. The minimum Gasteiger partial charge on any atom is -0.458 e. The van der Waals surface area contributed by atoms with E-state index in [1.807, 2.05) is 13.8 Å². The van der Waals surface area contributed by atoms with Crippen LogP contribution in [-0.4, -0.2) is 192 Å². The van der Waals surface area contributed by atoms with Crippen molar-refractivity contribution in [3.8, 4) is 11.4 Å². The number of nitrogens with zero attached hydrogens (tertiary/aromatic N) is 3. The quantitative estimate of drug-likeness (QED) is 0.0244. The molecule has 4 aliphatic rings. The number of rotatable bonds is 37. The highest BCUT2D eigenvalue weighted by Gasteiger charge is 2.41. The second-order valence-corrected chi connectivity index (χ2v) is 21.9. The van der Waals surface area contributed by atoms with Gasteiger partial charge in [0.05, 0.1) is 141 Å². The Morgan fingerprint density at radius 3 is 1.87 bits per heavy atom. The van der Waals surface area contributed by atoms with Gasteiger partial charge >= 0.3 is 5.97 Å². The van der Waals surface area contributed by atoms with E-state index in [0.29, 0.717) is 144 Å². The molecule has 0 saturated carbocycles. The van der Waals surface area contributed by atoms with Crippen LogP contribution in [0.1, 0.15) is 106 Å². The molecule has 1 aliphatic carbocycles. The molecule has 7 rings (SSSR count). The number of hydrogen-bond acceptors (Lipinski definition) is 19. The summed E-state index contributed by atoms with van der Waals surface area (Å²) in [5.41, 5.74) is 3.37. The molecule has 5 heterocycles.